The van der Waals surface area contributed by atoms with E-state index in [-0.39, 0.29) is 16.1 Å². The van der Waals surface area contributed by atoms with Crippen LogP contribution in [0.25, 0.3) is 0 Å². The standard InChI is InChI=1S/C10H7BrFN3O2/c1-5-14-15-10(17-5)13-9(16)6-2-3-8(12)7(11)4-6/h2-4H,1H3,(H,13,15,16). The number of rotatable bonds is 2. The van der Waals surface area contributed by atoms with Crippen LogP contribution >= 0.6 is 15.9 Å². The number of anilines is 1. The molecule has 0 radical (unpaired) electrons. The van der Waals surface area contributed by atoms with E-state index in [1.165, 1.54) is 18.2 Å². The van der Waals surface area contributed by atoms with Gasteiger partial charge in [-0.3, -0.25) is 10.1 Å². The first kappa shape index (κ1) is 11.7. The molecule has 0 fully saturated rings. The lowest BCUT2D eigenvalue weighted by atomic mass is 10.2. The Morgan fingerprint density at radius 1 is 1.47 bits per heavy atom. The van der Waals surface area contributed by atoms with E-state index in [0.29, 0.717) is 5.89 Å². The number of aromatic nitrogens is 2. The van der Waals surface area contributed by atoms with Gasteiger partial charge in [-0.1, -0.05) is 5.10 Å². The molecule has 0 aliphatic heterocycles. The number of benzene rings is 1. The lowest BCUT2D eigenvalue weighted by Gasteiger charge is -2.01. The Hall–Kier alpha value is -1.76. The van der Waals surface area contributed by atoms with Crippen molar-refractivity contribution in [2.45, 2.75) is 6.92 Å². The molecule has 17 heavy (non-hydrogen) atoms. The third-order valence-corrected chi connectivity index (χ3v) is 2.54. The second kappa shape index (κ2) is 4.62. The number of carbonyl (C=O) groups excluding carboxylic acids is 1. The lowest BCUT2D eigenvalue weighted by molar-refractivity contribution is 0.102. The highest BCUT2D eigenvalue weighted by Crippen LogP contribution is 2.17. The van der Waals surface area contributed by atoms with Gasteiger partial charge in [0.05, 0.1) is 4.47 Å². The molecule has 1 aromatic heterocycles. The van der Waals surface area contributed by atoms with Crippen molar-refractivity contribution in [3.63, 3.8) is 0 Å². The molecular formula is C10H7BrFN3O2. The van der Waals surface area contributed by atoms with Crippen LogP contribution in [0.5, 0.6) is 0 Å². The fourth-order valence-corrected chi connectivity index (χ4v) is 1.53. The van der Waals surface area contributed by atoms with Gasteiger partial charge in [0.2, 0.25) is 5.89 Å². The summed E-state index contributed by atoms with van der Waals surface area (Å²) in [5.41, 5.74) is 0.286. The van der Waals surface area contributed by atoms with Crippen LogP contribution in [0.3, 0.4) is 0 Å². The van der Waals surface area contributed by atoms with Crippen molar-refractivity contribution in [1.29, 1.82) is 0 Å². The van der Waals surface area contributed by atoms with E-state index < -0.39 is 11.7 Å². The van der Waals surface area contributed by atoms with Crippen molar-refractivity contribution in [3.8, 4) is 0 Å². The smallest absolute Gasteiger partial charge is 0.322 e. The molecule has 0 bridgehead atoms. The molecule has 7 heteroatoms. The number of nitrogens with one attached hydrogen (secondary N) is 1. The van der Waals surface area contributed by atoms with Crippen LogP contribution in [-0.2, 0) is 0 Å². The van der Waals surface area contributed by atoms with Gasteiger partial charge in [-0.15, -0.1) is 5.10 Å². The molecule has 88 valence electrons. The summed E-state index contributed by atoms with van der Waals surface area (Å²) in [4.78, 5) is 11.7. The van der Waals surface area contributed by atoms with Crippen LogP contribution < -0.4 is 5.32 Å². The first-order valence-corrected chi connectivity index (χ1v) is 5.42. The molecule has 0 aliphatic carbocycles. The van der Waals surface area contributed by atoms with Gasteiger partial charge in [-0.25, -0.2) is 4.39 Å². The second-order valence-corrected chi connectivity index (χ2v) is 4.06. The molecule has 1 amide bonds. The van der Waals surface area contributed by atoms with Gasteiger partial charge in [0.25, 0.3) is 5.91 Å². The Bertz CT molecular complexity index is 570. The average Bonchev–Trinajstić information content (AvgIpc) is 2.68. The molecule has 0 unspecified atom stereocenters. The minimum atomic E-state index is -0.450. The fraction of sp³-hybridized carbons (Fsp3) is 0.100. The van der Waals surface area contributed by atoms with Crippen LogP contribution in [-0.4, -0.2) is 16.1 Å². The summed E-state index contributed by atoms with van der Waals surface area (Å²) >= 11 is 3.00. The molecule has 5 nitrogen and oxygen atoms in total. The van der Waals surface area contributed by atoms with Gasteiger partial charge >= 0.3 is 6.01 Å². The molecular weight excluding hydrogens is 293 g/mol. The summed E-state index contributed by atoms with van der Waals surface area (Å²) in [6, 6.07) is 3.93. The SMILES string of the molecule is Cc1nnc(NC(=O)c2ccc(F)c(Br)c2)o1. The Balaban J connectivity index is 2.17. The fourth-order valence-electron chi connectivity index (χ4n) is 1.15. The van der Waals surface area contributed by atoms with E-state index in [9.17, 15) is 9.18 Å². The van der Waals surface area contributed by atoms with Crippen LogP contribution in [0.15, 0.2) is 27.1 Å². The first-order valence-electron chi connectivity index (χ1n) is 4.63. The summed E-state index contributed by atoms with van der Waals surface area (Å²) < 4.78 is 18.2. The molecule has 1 aromatic carbocycles. The number of nitrogens with zero attached hydrogens (tertiary/aromatic N) is 2. The minimum absolute atomic E-state index is 0.00736. The van der Waals surface area contributed by atoms with Crippen molar-refractivity contribution in [2.75, 3.05) is 5.32 Å². The monoisotopic (exact) mass is 299 g/mol. The average molecular weight is 300 g/mol. The summed E-state index contributed by atoms with van der Waals surface area (Å²) in [6.07, 6.45) is 0. The third kappa shape index (κ3) is 2.68. The lowest BCUT2D eigenvalue weighted by Crippen LogP contribution is -2.12. The summed E-state index contributed by atoms with van der Waals surface area (Å²) in [5.74, 6) is -0.537. The normalized spacial score (nSPS) is 10.3. The number of hydrogen-bond donors (Lipinski definition) is 1. The largest absolute Gasteiger partial charge is 0.408 e. The van der Waals surface area contributed by atoms with E-state index in [2.05, 4.69) is 31.4 Å². The van der Waals surface area contributed by atoms with E-state index in [4.69, 9.17) is 4.42 Å². The maximum Gasteiger partial charge on any atom is 0.322 e. The molecule has 0 saturated carbocycles. The maximum absolute atomic E-state index is 13.0. The first-order chi connectivity index (χ1) is 8.06. The maximum atomic E-state index is 13.0. The minimum Gasteiger partial charge on any atom is -0.408 e. The summed E-state index contributed by atoms with van der Waals surface area (Å²) in [5, 5.41) is 9.58. The molecule has 1 heterocycles. The van der Waals surface area contributed by atoms with Crippen molar-refractivity contribution >= 4 is 27.9 Å². The highest BCUT2D eigenvalue weighted by molar-refractivity contribution is 9.10. The highest BCUT2D eigenvalue weighted by Gasteiger charge is 2.11. The molecule has 0 aliphatic rings. The van der Waals surface area contributed by atoms with Gasteiger partial charge in [0.15, 0.2) is 0 Å². The van der Waals surface area contributed by atoms with E-state index in [1.807, 2.05) is 0 Å². The van der Waals surface area contributed by atoms with Crippen molar-refractivity contribution in [2.24, 2.45) is 0 Å². The van der Waals surface area contributed by atoms with Crippen molar-refractivity contribution in [3.05, 3.63) is 39.9 Å². The van der Waals surface area contributed by atoms with Crippen LogP contribution in [0.4, 0.5) is 10.4 Å². The topological polar surface area (TPSA) is 68.0 Å². The van der Waals surface area contributed by atoms with Gasteiger partial charge in [-0.2, -0.15) is 0 Å². The quantitative estimate of drug-likeness (QED) is 0.925. The van der Waals surface area contributed by atoms with Gasteiger partial charge in [0, 0.05) is 12.5 Å². The van der Waals surface area contributed by atoms with Crippen molar-refractivity contribution < 1.29 is 13.6 Å². The zero-order valence-electron chi connectivity index (χ0n) is 8.70. The third-order valence-electron chi connectivity index (χ3n) is 1.93. The van der Waals surface area contributed by atoms with Crippen LogP contribution in [0.2, 0.25) is 0 Å². The van der Waals surface area contributed by atoms with Crippen molar-refractivity contribution in [1.82, 2.24) is 10.2 Å². The molecule has 0 atom stereocenters. The predicted octanol–water partition coefficient (Wildman–Crippen LogP) is 2.53. The number of carbonyl (C=O) groups is 1. The van der Waals surface area contributed by atoms with E-state index >= 15 is 0 Å². The molecule has 0 saturated heterocycles. The Labute approximate surface area is 104 Å². The molecule has 0 spiro atoms. The predicted molar refractivity (Wildman–Crippen MR) is 61.1 cm³/mol. The van der Waals surface area contributed by atoms with Gasteiger partial charge in [0.1, 0.15) is 5.82 Å². The molecule has 1 N–H and O–H groups in total. The Kier molecular flexibility index (Phi) is 3.19. The number of aryl methyl sites for hydroxylation is 1. The summed E-state index contributed by atoms with van der Waals surface area (Å²) in [7, 11) is 0. The molecule has 2 rings (SSSR count). The zero-order valence-corrected chi connectivity index (χ0v) is 10.3. The van der Waals surface area contributed by atoms with E-state index in [0.717, 1.165) is 0 Å². The zero-order chi connectivity index (χ0) is 12.4. The highest BCUT2D eigenvalue weighted by atomic mass is 79.9. The van der Waals surface area contributed by atoms with Gasteiger partial charge in [-0.05, 0) is 34.1 Å². The molecule has 2 aromatic rings. The van der Waals surface area contributed by atoms with Crippen LogP contribution in [0, 0.1) is 12.7 Å². The summed E-state index contributed by atoms with van der Waals surface area (Å²) in [6.45, 7) is 1.61. The Morgan fingerprint density at radius 2 is 2.24 bits per heavy atom. The Morgan fingerprint density at radius 3 is 2.82 bits per heavy atom. The van der Waals surface area contributed by atoms with Gasteiger partial charge < -0.3 is 4.42 Å². The number of amides is 1. The van der Waals surface area contributed by atoms with Crippen LogP contribution in [0.1, 0.15) is 16.2 Å². The number of hydrogen-bond acceptors (Lipinski definition) is 4. The van der Waals surface area contributed by atoms with E-state index in [1.54, 1.807) is 6.92 Å². The second-order valence-electron chi connectivity index (χ2n) is 3.21. The number of halogens is 2.